The molecule has 3 aromatic rings. The van der Waals surface area contributed by atoms with Crippen LogP contribution in [-0.4, -0.2) is 57.8 Å². The number of hydrogen-bond acceptors (Lipinski definition) is 5. The molecule has 5 aliphatic rings. The first kappa shape index (κ1) is 26.5. The van der Waals surface area contributed by atoms with Crippen LogP contribution in [0.5, 0.6) is 0 Å². The standard InChI is InChI=1S/C29H28F5N5O2/c1-37-16-35-36-25(37)9-27(14-41-15-27)18-3-2-4-21(8-18)39-13-23-22(26(39)40)5-17(6-24(23)29(32,33)34)10-38-11-19-7-20(12-38)28(19,30)31/h2-6,8,16,19-20H,7,9-15H2,1H3. The number of carbonyl (C=O) groups is 1. The molecule has 41 heavy (non-hydrogen) atoms. The Morgan fingerprint density at radius 1 is 1.10 bits per heavy atom. The normalized spacial score (nSPS) is 24.6. The Morgan fingerprint density at radius 2 is 1.85 bits per heavy atom. The summed E-state index contributed by atoms with van der Waals surface area (Å²) in [5.41, 5.74) is 0.419. The molecule has 2 unspecified atom stereocenters. The topological polar surface area (TPSA) is 63.5 Å². The average Bonchev–Trinajstić information content (AvgIpc) is 3.47. The Morgan fingerprint density at radius 3 is 2.46 bits per heavy atom. The smallest absolute Gasteiger partial charge is 0.379 e. The van der Waals surface area contributed by atoms with Crippen LogP contribution >= 0.6 is 0 Å². The van der Waals surface area contributed by atoms with Gasteiger partial charge in [-0.05, 0) is 47.4 Å². The number of hydrogen-bond donors (Lipinski definition) is 0. The molecule has 2 bridgehead atoms. The van der Waals surface area contributed by atoms with E-state index in [1.54, 1.807) is 23.4 Å². The van der Waals surface area contributed by atoms with Crippen molar-refractivity contribution in [2.24, 2.45) is 18.9 Å². The molecule has 0 spiro atoms. The average molecular weight is 574 g/mol. The van der Waals surface area contributed by atoms with E-state index >= 15 is 0 Å². The highest BCUT2D eigenvalue weighted by molar-refractivity contribution is 6.10. The lowest BCUT2D eigenvalue weighted by Crippen LogP contribution is -2.62. The second-order valence-electron chi connectivity index (χ2n) is 11.9. The molecular formula is C29H28F5N5O2. The van der Waals surface area contributed by atoms with Gasteiger partial charge in [0.15, 0.2) is 0 Å². The van der Waals surface area contributed by atoms with Crippen LogP contribution in [0.1, 0.15) is 44.9 Å². The summed E-state index contributed by atoms with van der Waals surface area (Å²) in [5.74, 6) is -3.96. The summed E-state index contributed by atoms with van der Waals surface area (Å²) in [6.45, 7) is 1.04. The molecule has 7 nitrogen and oxygen atoms in total. The third kappa shape index (κ3) is 4.25. The van der Waals surface area contributed by atoms with Crippen LogP contribution in [0.2, 0.25) is 0 Å². The molecule has 5 heterocycles. The van der Waals surface area contributed by atoms with Gasteiger partial charge in [-0.25, -0.2) is 8.78 Å². The SMILES string of the molecule is Cn1cnnc1CC1(c2cccc(N3Cc4c(cc(CN5CC6CC(C5)C6(F)F)cc4C(F)(F)F)C3=O)c2)COC1. The number of halogens is 5. The van der Waals surface area contributed by atoms with Crippen LogP contribution in [-0.2, 0) is 42.9 Å². The molecule has 2 atom stereocenters. The third-order valence-electron chi connectivity index (χ3n) is 9.26. The molecule has 216 valence electrons. The van der Waals surface area contributed by atoms with Gasteiger partial charge in [-0.3, -0.25) is 9.69 Å². The van der Waals surface area contributed by atoms with E-state index in [4.69, 9.17) is 4.74 Å². The van der Waals surface area contributed by atoms with Crippen molar-refractivity contribution in [1.82, 2.24) is 19.7 Å². The number of nitrogens with zero attached hydrogens (tertiary/aromatic N) is 5. The van der Waals surface area contributed by atoms with Crippen LogP contribution < -0.4 is 4.90 Å². The largest absolute Gasteiger partial charge is 0.416 e. The van der Waals surface area contributed by atoms with Crippen molar-refractivity contribution in [3.63, 3.8) is 0 Å². The summed E-state index contributed by atoms with van der Waals surface area (Å²) in [6.07, 6.45) is -2.04. The molecule has 1 aliphatic carbocycles. The van der Waals surface area contributed by atoms with Crippen molar-refractivity contribution in [3.8, 4) is 0 Å². The summed E-state index contributed by atoms with van der Waals surface area (Å²) >= 11 is 0. The molecule has 0 radical (unpaired) electrons. The Hall–Kier alpha value is -3.38. The highest BCUT2D eigenvalue weighted by Crippen LogP contribution is 2.52. The van der Waals surface area contributed by atoms with Gasteiger partial charge < -0.3 is 14.2 Å². The number of alkyl halides is 5. The van der Waals surface area contributed by atoms with Crippen molar-refractivity contribution in [2.75, 3.05) is 31.2 Å². The first-order valence-electron chi connectivity index (χ1n) is 13.6. The first-order valence-corrected chi connectivity index (χ1v) is 13.6. The van der Waals surface area contributed by atoms with E-state index in [0.29, 0.717) is 37.3 Å². The Bertz CT molecular complexity index is 1520. The van der Waals surface area contributed by atoms with Crippen molar-refractivity contribution < 1.29 is 31.5 Å². The van der Waals surface area contributed by atoms with Gasteiger partial charge >= 0.3 is 6.18 Å². The van der Waals surface area contributed by atoms with E-state index in [2.05, 4.69) is 10.2 Å². The number of benzene rings is 2. The summed E-state index contributed by atoms with van der Waals surface area (Å²) in [6, 6.07) is 9.87. The zero-order valence-corrected chi connectivity index (χ0v) is 22.3. The minimum absolute atomic E-state index is 0.00787. The van der Waals surface area contributed by atoms with Crippen molar-refractivity contribution in [3.05, 3.63) is 76.4 Å². The second kappa shape index (κ2) is 9.06. The maximum atomic E-state index is 14.2. The number of ether oxygens (including phenoxy) is 1. The van der Waals surface area contributed by atoms with Gasteiger partial charge in [0.05, 0.1) is 25.3 Å². The van der Waals surface area contributed by atoms with E-state index in [0.717, 1.165) is 17.5 Å². The molecule has 8 rings (SSSR count). The monoisotopic (exact) mass is 573 g/mol. The van der Waals surface area contributed by atoms with Gasteiger partial charge in [-0.15, -0.1) is 10.2 Å². The van der Waals surface area contributed by atoms with E-state index in [-0.39, 0.29) is 42.7 Å². The van der Waals surface area contributed by atoms with Crippen LogP contribution in [0, 0.1) is 11.8 Å². The zero-order chi connectivity index (χ0) is 28.7. The second-order valence-corrected chi connectivity index (χ2v) is 11.9. The highest BCUT2D eigenvalue weighted by Gasteiger charge is 2.60. The minimum atomic E-state index is -4.67. The quantitative estimate of drug-likeness (QED) is 0.404. The van der Waals surface area contributed by atoms with Crippen LogP contribution in [0.4, 0.5) is 27.6 Å². The summed E-state index contributed by atoms with van der Waals surface area (Å²) in [4.78, 5) is 16.8. The highest BCUT2D eigenvalue weighted by atomic mass is 19.4. The van der Waals surface area contributed by atoms with E-state index in [1.165, 1.54) is 11.0 Å². The third-order valence-corrected chi connectivity index (χ3v) is 9.26. The maximum absolute atomic E-state index is 14.2. The summed E-state index contributed by atoms with van der Waals surface area (Å²) in [5, 5.41) is 8.14. The lowest BCUT2D eigenvalue weighted by molar-refractivity contribution is -0.227. The van der Waals surface area contributed by atoms with Gasteiger partial charge in [0, 0.05) is 61.6 Å². The number of anilines is 1. The van der Waals surface area contributed by atoms with Crippen molar-refractivity contribution in [1.29, 1.82) is 0 Å². The van der Waals surface area contributed by atoms with Gasteiger partial charge in [-0.1, -0.05) is 12.1 Å². The summed E-state index contributed by atoms with van der Waals surface area (Å²) in [7, 11) is 1.86. The first-order chi connectivity index (χ1) is 19.4. The number of fused-ring (bicyclic) bond motifs is 3. The number of carbonyl (C=O) groups excluding carboxylic acids is 1. The predicted octanol–water partition coefficient (Wildman–Crippen LogP) is 4.59. The number of amides is 1. The van der Waals surface area contributed by atoms with E-state index < -0.39 is 35.4 Å². The minimum Gasteiger partial charge on any atom is -0.379 e. The molecule has 0 N–H and O–H groups in total. The van der Waals surface area contributed by atoms with Gasteiger partial charge in [0.2, 0.25) is 0 Å². The van der Waals surface area contributed by atoms with E-state index in [9.17, 15) is 26.7 Å². The fraction of sp³-hybridized carbons (Fsp3) is 0.483. The van der Waals surface area contributed by atoms with Crippen molar-refractivity contribution in [2.45, 2.75) is 43.4 Å². The van der Waals surface area contributed by atoms with Gasteiger partial charge in [0.25, 0.3) is 11.8 Å². The van der Waals surface area contributed by atoms with Gasteiger partial charge in [-0.2, -0.15) is 13.2 Å². The molecule has 4 fully saturated rings. The number of rotatable bonds is 6. The lowest BCUT2D eigenvalue weighted by Gasteiger charge is -2.53. The van der Waals surface area contributed by atoms with Crippen LogP contribution in [0.3, 0.4) is 0 Å². The molecule has 1 aromatic heterocycles. The fourth-order valence-electron chi connectivity index (χ4n) is 6.82. The Balaban J connectivity index is 1.17. The fourth-order valence-corrected chi connectivity index (χ4v) is 6.82. The molecule has 4 aliphatic heterocycles. The molecule has 12 heteroatoms. The number of aryl methyl sites for hydroxylation is 1. The van der Waals surface area contributed by atoms with E-state index in [1.807, 2.05) is 23.7 Å². The van der Waals surface area contributed by atoms with Crippen LogP contribution in [0.15, 0.2) is 42.7 Å². The molecule has 2 aromatic carbocycles. The Kier molecular flexibility index (Phi) is 5.86. The predicted molar refractivity (Wildman–Crippen MR) is 137 cm³/mol. The molecular weight excluding hydrogens is 545 g/mol. The molecule has 3 saturated heterocycles. The van der Waals surface area contributed by atoms with Crippen molar-refractivity contribution >= 4 is 11.6 Å². The lowest BCUT2D eigenvalue weighted by atomic mass is 9.67. The molecule has 1 saturated carbocycles. The number of aromatic nitrogens is 3. The van der Waals surface area contributed by atoms with Crippen LogP contribution in [0.25, 0.3) is 0 Å². The summed E-state index contributed by atoms with van der Waals surface area (Å²) < 4.78 is 78.2. The number of piperidine rings is 2. The molecule has 1 amide bonds. The maximum Gasteiger partial charge on any atom is 0.416 e. The zero-order valence-electron chi connectivity index (χ0n) is 22.3. The van der Waals surface area contributed by atoms with Gasteiger partial charge in [0.1, 0.15) is 12.2 Å². The Labute approximate surface area is 232 Å².